The quantitative estimate of drug-likeness (QED) is 0.120. The van der Waals surface area contributed by atoms with Crippen molar-refractivity contribution in [2.75, 3.05) is 0 Å². The number of benzene rings is 14. The van der Waals surface area contributed by atoms with Crippen molar-refractivity contribution in [3.63, 3.8) is 0 Å². The van der Waals surface area contributed by atoms with E-state index in [2.05, 4.69) is 240 Å². The normalized spacial score (nSPS) is 11.2. The Hall–Kier alpha value is -13.8. The van der Waals surface area contributed by atoms with Gasteiger partial charge in [-0.3, -0.25) is 0 Å². The smallest absolute Gasteiger partial charge is 0.166 e. The van der Waals surface area contributed by atoms with Gasteiger partial charge in [-0.15, -0.1) is 0 Å². The number of hydrogen-bond acceptors (Lipinski definition) is 6. The van der Waals surface area contributed by atoms with Crippen LogP contribution in [0.25, 0.3) is 167 Å². The van der Waals surface area contributed by atoms with Crippen LogP contribution in [0.3, 0.4) is 0 Å². The van der Waals surface area contributed by atoms with Crippen molar-refractivity contribution < 1.29 is 0 Å². The van der Waals surface area contributed by atoms with Crippen molar-refractivity contribution in [3.05, 3.63) is 344 Å². The number of nitrogens with zero attached hydrogens (tertiary/aromatic N) is 8. The molecule has 0 N–H and O–H groups in total. The Morgan fingerprint density at radius 1 is 0.204 bits per heavy atom. The van der Waals surface area contributed by atoms with Crippen LogP contribution in [0.2, 0.25) is 0 Å². The monoisotopic (exact) mass is 1250 g/mol. The van der Waals surface area contributed by atoms with Gasteiger partial charge in [0.25, 0.3) is 0 Å². The number of fused-ring (bicyclic) bond motifs is 6. The molecule has 454 valence electrons. The molecule has 3 aromatic heterocycles. The van der Waals surface area contributed by atoms with Crippen molar-refractivity contribution >= 4 is 43.6 Å². The van der Waals surface area contributed by atoms with Gasteiger partial charge >= 0.3 is 0 Å². The molecule has 0 spiro atoms. The van der Waals surface area contributed by atoms with E-state index < -0.39 is 0 Å². The van der Waals surface area contributed by atoms with E-state index in [1.807, 2.05) is 115 Å². The first-order chi connectivity index (χ1) is 48.4. The summed E-state index contributed by atoms with van der Waals surface area (Å²) in [5, 5.41) is 34.7. The Morgan fingerprint density at radius 3 is 0.847 bits per heavy atom. The third-order valence-corrected chi connectivity index (χ3v) is 18.7. The van der Waals surface area contributed by atoms with E-state index in [4.69, 9.17) is 15.0 Å². The van der Waals surface area contributed by atoms with Gasteiger partial charge in [0.2, 0.25) is 0 Å². The molecule has 0 aliphatic carbocycles. The molecule has 14 aromatic carbocycles. The van der Waals surface area contributed by atoms with E-state index in [1.165, 1.54) is 0 Å². The lowest BCUT2D eigenvalue weighted by Crippen LogP contribution is -2.06. The molecule has 0 amide bonds. The van der Waals surface area contributed by atoms with Crippen LogP contribution in [0.15, 0.2) is 328 Å². The second kappa shape index (κ2) is 24.6. The summed E-state index contributed by atoms with van der Waals surface area (Å²) in [6, 6.07) is 120. The maximum absolute atomic E-state index is 10.3. The van der Waals surface area contributed by atoms with Crippen LogP contribution >= 0.6 is 0 Å². The molecule has 0 aliphatic heterocycles. The van der Waals surface area contributed by atoms with Gasteiger partial charge in [0, 0.05) is 38.2 Å². The molecule has 0 bridgehead atoms. The van der Waals surface area contributed by atoms with Crippen LogP contribution in [-0.4, -0.2) is 24.1 Å². The zero-order valence-corrected chi connectivity index (χ0v) is 52.8. The van der Waals surface area contributed by atoms with Gasteiger partial charge in [-0.2, -0.15) is 15.8 Å². The summed E-state index contributed by atoms with van der Waals surface area (Å²) in [5.74, 6) is 1.23. The number of hydrogen-bond donors (Lipinski definition) is 0. The maximum Gasteiger partial charge on any atom is 0.166 e. The highest BCUT2D eigenvalue weighted by Crippen LogP contribution is 2.45. The summed E-state index contributed by atoms with van der Waals surface area (Å²) < 4.78 is 4.69. The topological polar surface area (TPSA) is 120 Å². The third-order valence-electron chi connectivity index (χ3n) is 18.7. The summed E-state index contributed by atoms with van der Waals surface area (Å²) in [6.45, 7) is 0. The summed E-state index contributed by atoms with van der Waals surface area (Å²) >= 11 is 0. The molecule has 17 rings (SSSR count). The first-order valence-corrected chi connectivity index (χ1v) is 32.5. The van der Waals surface area contributed by atoms with E-state index in [1.54, 1.807) is 0 Å². The van der Waals surface area contributed by atoms with Crippen LogP contribution in [0, 0.1) is 34.0 Å². The van der Waals surface area contributed by atoms with Crippen LogP contribution in [0.1, 0.15) is 16.7 Å². The van der Waals surface area contributed by atoms with Crippen molar-refractivity contribution in [2.45, 2.75) is 0 Å². The number of rotatable bonds is 12. The highest BCUT2D eigenvalue weighted by atomic mass is 15.1. The molecule has 0 fully saturated rings. The fourth-order valence-electron chi connectivity index (χ4n) is 13.9. The Balaban J connectivity index is 0.979. The van der Waals surface area contributed by atoms with Crippen molar-refractivity contribution in [1.29, 1.82) is 15.8 Å². The number of aromatic nitrogens is 5. The van der Waals surface area contributed by atoms with Crippen LogP contribution in [0.4, 0.5) is 0 Å². The van der Waals surface area contributed by atoms with E-state index in [9.17, 15) is 15.8 Å². The van der Waals surface area contributed by atoms with Crippen LogP contribution < -0.4 is 0 Å². The fraction of sp³-hybridized carbons (Fsp3) is 0. The molecule has 0 aliphatic rings. The SMILES string of the molecule is N#Cc1ccc(-c2ccc(-n3c4ccc(-c5ccccc5)cc4c4cc(-c5ccccc5)ccc43)c(-c3nc(-c4ccccc4-c4cccc(C#N)c4)nc(-c4cc(-c5ccc(C#N)cc5)ccc4-n4c5ccc(-c6ccccc6)cc5c5cc(-c6ccccc6)ccc54)n3)c2)cc1. The molecule has 0 saturated heterocycles. The van der Waals surface area contributed by atoms with E-state index in [-0.39, 0.29) is 0 Å². The zero-order chi connectivity index (χ0) is 65.6. The first kappa shape index (κ1) is 58.0. The highest BCUT2D eigenvalue weighted by molar-refractivity contribution is 6.14. The summed E-state index contributed by atoms with van der Waals surface area (Å²) in [7, 11) is 0. The van der Waals surface area contributed by atoms with Gasteiger partial charge in [-0.05, 0) is 187 Å². The summed E-state index contributed by atoms with van der Waals surface area (Å²) in [4.78, 5) is 17.3. The molecule has 0 atom stereocenters. The molecule has 0 unspecified atom stereocenters. The molecule has 17 aromatic rings. The standard InChI is InChI=1S/C90H54N8/c91-55-58-28-32-65(33-29-58)71-40-46-86(97-82-42-36-67(61-17-5-1-6-18-61)49-76(82)77-50-68(37-43-83(77)97)62-19-7-2-8-20-62)80(53-71)89-94-88(75-27-14-13-26-74(75)73-25-15-16-60(48-73)57-93)95-90(96-89)81-54-72(66-34-30-59(56-92)31-35-66)41-47-87(81)98-84-44-38-69(63-21-9-3-10-22-63)51-78(84)79-52-70(39-45-85(79)98)64-23-11-4-12-24-64/h1-54H. The lowest BCUT2D eigenvalue weighted by atomic mass is 9.97. The van der Waals surface area contributed by atoms with Gasteiger partial charge < -0.3 is 9.13 Å². The molecule has 8 nitrogen and oxygen atoms in total. The van der Waals surface area contributed by atoms with Crippen LogP contribution in [-0.2, 0) is 0 Å². The zero-order valence-electron chi connectivity index (χ0n) is 52.8. The maximum atomic E-state index is 10.3. The van der Waals surface area contributed by atoms with E-state index in [0.717, 1.165) is 150 Å². The molecular weight excluding hydrogens is 1190 g/mol. The molecule has 0 saturated carbocycles. The van der Waals surface area contributed by atoms with Crippen LogP contribution in [0.5, 0.6) is 0 Å². The predicted octanol–water partition coefficient (Wildman–Crippen LogP) is 22.4. The average molecular weight is 1250 g/mol. The molecule has 0 radical (unpaired) electrons. The molecule has 3 heterocycles. The molecule has 8 heteroatoms. The average Bonchev–Trinajstić information content (AvgIpc) is 1.55. The second-order valence-corrected chi connectivity index (χ2v) is 24.4. The van der Waals surface area contributed by atoms with Crippen molar-refractivity contribution in [1.82, 2.24) is 24.1 Å². The van der Waals surface area contributed by atoms with Gasteiger partial charge in [-0.25, -0.2) is 15.0 Å². The third kappa shape index (κ3) is 10.5. The Bertz CT molecular complexity index is 5590. The van der Waals surface area contributed by atoms with Gasteiger partial charge in [-0.1, -0.05) is 218 Å². The number of nitriles is 3. The Labute approximate surface area is 566 Å². The van der Waals surface area contributed by atoms with E-state index >= 15 is 0 Å². The minimum absolute atomic E-state index is 0.407. The largest absolute Gasteiger partial charge is 0.308 e. The Morgan fingerprint density at radius 2 is 0.490 bits per heavy atom. The lowest BCUT2D eigenvalue weighted by molar-refractivity contribution is 1.06. The molecular formula is C90H54N8. The first-order valence-electron chi connectivity index (χ1n) is 32.5. The summed E-state index contributed by atoms with van der Waals surface area (Å²) in [6.07, 6.45) is 0. The van der Waals surface area contributed by atoms with Gasteiger partial charge in [0.1, 0.15) is 0 Å². The molecule has 98 heavy (non-hydrogen) atoms. The van der Waals surface area contributed by atoms with Crippen molar-refractivity contribution in [2.24, 2.45) is 0 Å². The fourth-order valence-corrected chi connectivity index (χ4v) is 13.9. The highest BCUT2D eigenvalue weighted by Gasteiger charge is 2.26. The lowest BCUT2D eigenvalue weighted by Gasteiger charge is -2.19. The minimum Gasteiger partial charge on any atom is -0.308 e. The Kier molecular flexibility index (Phi) is 14.5. The van der Waals surface area contributed by atoms with Crippen molar-refractivity contribution in [3.8, 4) is 142 Å². The predicted molar refractivity (Wildman–Crippen MR) is 397 cm³/mol. The second-order valence-electron chi connectivity index (χ2n) is 24.4. The van der Waals surface area contributed by atoms with E-state index in [0.29, 0.717) is 34.2 Å². The van der Waals surface area contributed by atoms with Gasteiger partial charge in [0.05, 0.1) is 68.3 Å². The minimum atomic E-state index is 0.407. The summed E-state index contributed by atoms with van der Waals surface area (Å²) in [5.41, 5.74) is 23.6. The van der Waals surface area contributed by atoms with Gasteiger partial charge in [0.15, 0.2) is 17.5 Å².